The lowest BCUT2D eigenvalue weighted by atomic mass is 9.87. The van der Waals surface area contributed by atoms with Gasteiger partial charge in [0.25, 0.3) is 0 Å². The minimum atomic E-state index is 1.24. The standard InChI is InChI=1S/C40H24S/c1-2-12-30-28(10-1)29-11-3-5-15-33(29)39-34-16-6-4-13-31(34)36(24-37(30)39)26-22-20-25(21-23-26)27-17-9-18-35-32-14-7-8-19-38(32)41-40(27)35/h1-24H. The van der Waals surface area contributed by atoms with E-state index in [0.29, 0.717) is 0 Å². The smallest absolute Gasteiger partial charge is 0.0433 e. The third-order valence-corrected chi connectivity index (χ3v) is 9.88. The van der Waals surface area contributed by atoms with Crippen LogP contribution in [-0.2, 0) is 0 Å². The molecule has 0 N–H and O–H groups in total. The summed E-state index contributed by atoms with van der Waals surface area (Å²) in [7, 11) is 0. The molecular formula is C40H24S. The molecule has 0 saturated carbocycles. The summed E-state index contributed by atoms with van der Waals surface area (Å²) in [4.78, 5) is 0. The van der Waals surface area contributed by atoms with Gasteiger partial charge in [-0.3, -0.25) is 0 Å². The predicted octanol–water partition coefficient (Wildman–Crippen LogP) is 12.0. The van der Waals surface area contributed by atoms with Crippen LogP contribution in [0.3, 0.4) is 0 Å². The van der Waals surface area contributed by atoms with Crippen molar-refractivity contribution < 1.29 is 0 Å². The number of hydrogen-bond donors (Lipinski definition) is 0. The minimum Gasteiger partial charge on any atom is -0.135 e. The Bertz CT molecular complexity index is 2460. The molecular weight excluding hydrogens is 513 g/mol. The van der Waals surface area contributed by atoms with E-state index in [1.807, 2.05) is 11.3 Å². The molecule has 1 aromatic heterocycles. The third-order valence-electron chi connectivity index (χ3n) is 8.66. The maximum absolute atomic E-state index is 2.42. The molecule has 0 bridgehead atoms. The van der Waals surface area contributed by atoms with Gasteiger partial charge >= 0.3 is 0 Å². The average Bonchev–Trinajstić information content (AvgIpc) is 3.43. The van der Waals surface area contributed by atoms with Crippen molar-refractivity contribution in [2.24, 2.45) is 0 Å². The van der Waals surface area contributed by atoms with Gasteiger partial charge in [0.15, 0.2) is 0 Å². The van der Waals surface area contributed by atoms with Gasteiger partial charge in [-0.05, 0) is 77.5 Å². The lowest BCUT2D eigenvalue weighted by Crippen LogP contribution is -1.89. The zero-order valence-electron chi connectivity index (χ0n) is 22.3. The Kier molecular flexibility index (Phi) is 4.87. The van der Waals surface area contributed by atoms with E-state index in [9.17, 15) is 0 Å². The molecule has 8 aromatic carbocycles. The van der Waals surface area contributed by atoms with Crippen LogP contribution in [0.4, 0.5) is 0 Å². The maximum Gasteiger partial charge on any atom is 0.0433 e. The number of rotatable bonds is 2. The summed E-state index contributed by atoms with van der Waals surface area (Å²) in [5.74, 6) is 0. The molecule has 0 saturated heterocycles. The quantitative estimate of drug-likeness (QED) is 0.193. The molecule has 0 radical (unpaired) electrons. The maximum atomic E-state index is 2.42. The Balaban J connectivity index is 1.29. The number of fused-ring (bicyclic) bond motifs is 11. The summed E-state index contributed by atoms with van der Waals surface area (Å²) in [5, 5.41) is 13.2. The molecule has 9 rings (SSSR count). The summed E-state index contributed by atoms with van der Waals surface area (Å²) < 4.78 is 2.70. The van der Waals surface area contributed by atoms with Crippen molar-refractivity contribution in [1.82, 2.24) is 0 Å². The number of thiophene rings is 1. The van der Waals surface area contributed by atoms with Crippen molar-refractivity contribution in [2.75, 3.05) is 0 Å². The second-order valence-electron chi connectivity index (χ2n) is 10.8. The van der Waals surface area contributed by atoms with Gasteiger partial charge in [0, 0.05) is 20.2 Å². The molecule has 0 spiro atoms. The zero-order valence-corrected chi connectivity index (χ0v) is 23.1. The SMILES string of the molecule is c1ccc2c(c1)sc1c(-c3ccc(-c4cc5c6ccccc6c6ccccc6c5c5ccccc45)cc3)cccc12. The topological polar surface area (TPSA) is 0 Å². The van der Waals surface area contributed by atoms with Crippen LogP contribution < -0.4 is 0 Å². The van der Waals surface area contributed by atoms with Crippen molar-refractivity contribution in [2.45, 2.75) is 0 Å². The molecule has 41 heavy (non-hydrogen) atoms. The largest absolute Gasteiger partial charge is 0.135 e. The summed E-state index contributed by atoms with van der Waals surface area (Å²) in [6.45, 7) is 0. The molecule has 0 aliphatic heterocycles. The fraction of sp³-hybridized carbons (Fsp3) is 0. The van der Waals surface area contributed by atoms with E-state index in [-0.39, 0.29) is 0 Å². The Morgan fingerprint density at radius 2 is 0.805 bits per heavy atom. The van der Waals surface area contributed by atoms with Crippen molar-refractivity contribution in [3.63, 3.8) is 0 Å². The number of hydrogen-bond acceptors (Lipinski definition) is 1. The molecule has 1 heteroatoms. The van der Waals surface area contributed by atoms with Gasteiger partial charge in [-0.25, -0.2) is 0 Å². The van der Waals surface area contributed by atoms with E-state index in [4.69, 9.17) is 0 Å². The van der Waals surface area contributed by atoms with E-state index >= 15 is 0 Å². The molecule has 190 valence electrons. The highest BCUT2D eigenvalue weighted by atomic mass is 32.1. The molecule has 0 amide bonds. The van der Waals surface area contributed by atoms with E-state index in [0.717, 1.165) is 0 Å². The van der Waals surface area contributed by atoms with Crippen LogP contribution in [0.5, 0.6) is 0 Å². The minimum absolute atomic E-state index is 1.24. The average molecular weight is 537 g/mol. The lowest BCUT2D eigenvalue weighted by Gasteiger charge is -2.16. The monoisotopic (exact) mass is 536 g/mol. The summed E-state index contributed by atoms with van der Waals surface area (Å²) >= 11 is 1.89. The van der Waals surface area contributed by atoms with E-state index in [2.05, 4.69) is 146 Å². The molecule has 0 atom stereocenters. The van der Waals surface area contributed by atoms with Gasteiger partial charge in [0.1, 0.15) is 0 Å². The summed E-state index contributed by atoms with van der Waals surface area (Å²) in [6, 6.07) is 53.7. The van der Waals surface area contributed by atoms with Gasteiger partial charge in [0.05, 0.1) is 0 Å². The number of benzene rings is 8. The highest BCUT2D eigenvalue weighted by molar-refractivity contribution is 7.26. The fourth-order valence-electron chi connectivity index (χ4n) is 6.81. The predicted molar refractivity (Wildman–Crippen MR) is 180 cm³/mol. The van der Waals surface area contributed by atoms with Crippen LogP contribution >= 0.6 is 11.3 Å². The second kappa shape index (κ2) is 8.76. The summed E-state index contributed by atoms with van der Waals surface area (Å²) in [5.41, 5.74) is 5.08. The fourth-order valence-corrected chi connectivity index (χ4v) is 8.05. The van der Waals surface area contributed by atoms with Crippen molar-refractivity contribution in [3.05, 3.63) is 146 Å². The molecule has 9 aromatic rings. The van der Waals surface area contributed by atoms with Gasteiger partial charge in [-0.1, -0.05) is 133 Å². The van der Waals surface area contributed by atoms with Gasteiger partial charge in [-0.15, -0.1) is 11.3 Å². The van der Waals surface area contributed by atoms with E-state index in [1.165, 1.54) is 85.5 Å². The zero-order chi connectivity index (χ0) is 26.9. The van der Waals surface area contributed by atoms with Gasteiger partial charge in [-0.2, -0.15) is 0 Å². The van der Waals surface area contributed by atoms with Crippen LogP contribution in [0.15, 0.2) is 146 Å². The lowest BCUT2D eigenvalue weighted by molar-refractivity contribution is 1.65. The van der Waals surface area contributed by atoms with Crippen molar-refractivity contribution in [1.29, 1.82) is 0 Å². The van der Waals surface area contributed by atoms with Gasteiger partial charge in [0.2, 0.25) is 0 Å². The molecule has 0 nitrogen and oxygen atoms in total. The third kappa shape index (κ3) is 3.33. The highest BCUT2D eigenvalue weighted by Gasteiger charge is 2.15. The van der Waals surface area contributed by atoms with Crippen LogP contribution in [-0.4, -0.2) is 0 Å². The molecule has 1 heterocycles. The van der Waals surface area contributed by atoms with Crippen LogP contribution in [0.25, 0.3) is 85.5 Å². The molecule has 0 aliphatic rings. The Morgan fingerprint density at radius 1 is 0.317 bits per heavy atom. The molecule has 0 aliphatic carbocycles. The Labute approximate surface area is 241 Å². The first-order chi connectivity index (χ1) is 20.3. The van der Waals surface area contributed by atoms with Crippen molar-refractivity contribution in [3.8, 4) is 22.3 Å². The molecule has 0 unspecified atom stereocenters. The van der Waals surface area contributed by atoms with Crippen LogP contribution in [0.1, 0.15) is 0 Å². The Morgan fingerprint density at radius 3 is 1.51 bits per heavy atom. The van der Waals surface area contributed by atoms with Crippen LogP contribution in [0.2, 0.25) is 0 Å². The first-order valence-electron chi connectivity index (χ1n) is 14.1. The first kappa shape index (κ1) is 22.8. The second-order valence-corrected chi connectivity index (χ2v) is 11.9. The normalized spacial score (nSPS) is 11.9. The Hall–Kier alpha value is -4.98. The first-order valence-corrected chi connectivity index (χ1v) is 14.9. The van der Waals surface area contributed by atoms with E-state index < -0.39 is 0 Å². The highest BCUT2D eigenvalue weighted by Crippen LogP contribution is 2.44. The summed E-state index contributed by atoms with van der Waals surface area (Å²) in [6.07, 6.45) is 0. The van der Waals surface area contributed by atoms with Crippen molar-refractivity contribution >= 4 is 74.6 Å². The van der Waals surface area contributed by atoms with Crippen LogP contribution in [0, 0.1) is 0 Å². The van der Waals surface area contributed by atoms with E-state index in [1.54, 1.807) is 0 Å². The molecule has 0 fully saturated rings. The van der Waals surface area contributed by atoms with Gasteiger partial charge < -0.3 is 0 Å².